The van der Waals surface area contributed by atoms with Crippen molar-refractivity contribution in [3.63, 3.8) is 0 Å². The van der Waals surface area contributed by atoms with Gasteiger partial charge >= 0.3 is 0 Å². The van der Waals surface area contributed by atoms with Crippen molar-refractivity contribution < 1.29 is 4.39 Å². The van der Waals surface area contributed by atoms with Crippen LogP contribution >= 0.6 is 0 Å². The lowest BCUT2D eigenvalue weighted by molar-refractivity contribution is 0.217. The normalized spacial score (nSPS) is 12.3. The highest BCUT2D eigenvalue weighted by atomic mass is 19.1. The fraction of sp³-hybridized carbons (Fsp3) is 0.333. The smallest absolute Gasteiger partial charge is 0.109 e. The maximum Gasteiger partial charge on any atom is 0.109 e. The molecule has 2 aromatic rings. The average Bonchev–Trinajstić information content (AvgIpc) is 2.55. The first kappa shape index (κ1) is 19.2. The second kappa shape index (κ2) is 7.82. The molecule has 0 fully saturated rings. The van der Waals surface area contributed by atoms with Gasteiger partial charge in [-0.25, -0.2) is 4.39 Å². The van der Waals surface area contributed by atoms with Crippen LogP contribution < -0.4 is 0 Å². The summed E-state index contributed by atoms with van der Waals surface area (Å²) in [6.07, 6.45) is 3.57. The SMILES string of the molecule is C=C(/C(=C\C)c1ccc(CC(C)(C)F)cc1)c1ccc(CC)cc1C. The van der Waals surface area contributed by atoms with Crippen molar-refractivity contribution >= 4 is 11.1 Å². The third-order valence-corrected chi connectivity index (χ3v) is 4.53. The molecule has 0 N–H and O–H groups in total. The largest absolute Gasteiger partial charge is 0.244 e. The molecule has 25 heavy (non-hydrogen) atoms. The van der Waals surface area contributed by atoms with E-state index in [1.165, 1.54) is 16.7 Å². The summed E-state index contributed by atoms with van der Waals surface area (Å²) in [5.74, 6) is 0. The molecule has 0 bridgehead atoms. The quantitative estimate of drug-likeness (QED) is 0.500. The highest BCUT2D eigenvalue weighted by Gasteiger charge is 2.16. The molecule has 0 heterocycles. The zero-order valence-corrected chi connectivity index (χ0v) is 16.1. The van der Waals surface area contributed by atoms with Gasteiger partial charge in [0.15, 0.2) is 0 Å². The lowest BCUT2D eigenvalue weighted by Crippen LogP contribution is -2.15. The molecule has 0 saturated heterocycles. The summed E-state index contributed by atoms with van der Waals surface area (Å²) in [6.45, 7) is 13.9. The summed E-state index contributed by atoms with van der Waals surface area (Å²) in [4.78, 5) is 0. The van der Waals surface area contributed by atoms with Crippen molar-refractivity contribution in [2.45, 2.75) is 53.1 Å². The van der Waals surface area contributed by atoms with Crippen LogP contribution in [0.1, 0.15) is 55.5 Å². The molecular formula is C24H29F. The summed E-state index contributed by atoms with van der Waals surface area (Å²) in [5.41, 5.74) is 6.87. The van der Waals surface area contributed by atoms with E-state index in [9.17, 15) is 4.39 Å². The van der Waals surface area contributed by atoms with E-state index in [0.29, 0.717) is 6.42 Å². The Kier molecular flexibility index (Phi) is 6.00. The van der Waals surface area contributed by atoms with Gasteiger partial charge in [-0.15, -0.1) is 0 Å². The second-order valence-electron chi connectivity index (χ2n) is 7.28. The molecule has 132 valence electrons. The molecule has 0 saturated carbocycles. The van der Waals surface area contributed by atoms with E-state index in [0.717, 1.165) is 28.7 Å². The Balaban J connectivity index is 2.29. The third kappa shape index (κ3) is 4.92. The first-order chi connectivity index (χ1) is 11.7. The molecule has 0 aliphatic heterocycles. The number of hydrogen-bond donors (Lipinski definition) is 0. The van der Waals surface area contributed by atoms with Crippen LogP contribution in [-0.4, -0.2) is 5.67 Å². The average molecular weight is 336 g/mol. The van der Waals surface area contributed by atoms with Gasteiger partial charge in [0.05, 0.1) is 0 Å². The second-order valence-corrected chi connectivity index (χ2v) is 7.28. The minimum atomic E-state index is -1.19. The van der Waals surface area contributed by atoms with Crippen LogP contribution in [0.5, 0.6) is 0 Å². The summed E-state index contributed by atoms with van der Waals surface area (Å²) in [5, 5.41) is 0. The lowest BCUT2D eigenvalue weighted by atomic mass is 9.89. The van der Waals surface area contributed by atoms with Crippen LogP contribution in [-0.2, 0) is 12.8 Å². The summed E-state index contributed by atoms with van der Waals surface area (Å²) in [6, 6.07) is 14.7. The van der Waals surface area contributed by atoms with E-state index in [1.807, 2.05) is 19.1 Å². The van der Waals surface area contributed by atoms with Gasteiger partial charge in [-0.05, 0) is 73.1 Å². The van der Waals surface area contributed by atoms with E-state index in [-0.39, 0.29) is 0 Å². The summed E-state index contributed by atoms with van der Waals surface area (Å²) in [7, 11) is 0. The molecule has 0 radical (unpaired) electrons. The van der Waals surface area contributed by atoms with Crippen molar-refractivity contribution in [3.8, 4) is 0 Å². The van der Waals surface area contributed by atoms with Gasteiger partial charge < -0.3 is 0 Å². The van der Waals surface area contributed by atoms with Crippen LogP contribution in [0.25, 0.3) is 11.1 Å². The Hall–Kier alpha value is -2.15. The Labute approximate surface area is 152 Å². The number of halogens is 1. The molecule has 0 aliphatic carbocycles. The molecule has 0 aromatic heterocycles. The first-order valence-electron chi connectivity index (χ1n) is 8.99. The van der Waals surface area contributed by atoms with Crippen LogP contribution in [0.4, 0.5) is 4.39 Å². The van der Waals surface area contributed by atoms with Gasteiger partial charge in [0, 0.05) is 6.42 Å². The predicted molar refractivity (Wildman–Crippen MR) is 109 cm³/mol. The van der Waals surface area contributed by atoms with Gasteiger partial charge in [0.2, 0.25) is 0 Å². The number of allylic oxidation sites excluding steroid dienone is 3. The number of rotatable bonds is 6. The van der Waals surface area contributed by atoms with E-state index in [2.05, 4.69) is 56.8 Å². The Bertz CT molecular complexity index is 771. The van der Waals surface area contributed by atoms with E-state index in [4.69, 9.17) is 0 Å². The Morgan fingerprint density at radius 1 is 1.08 bits per heavy atom. The van der Waals surface area contributed by atoms with Crippen molar-refractivity contribution in [2.75, 3.05) is 0 Å². The third-order valence-electron chi connectivity index (χ3n) is 4.53. The van der Waals surface area contributed by atoms with Crippen LogP contribution in [0.2, 0.25) is 0 Å². The van der Waals surface area contributed by atoms with E-state index in [1.54, 1.807) is 13.8 Å². The molecular weight excluding hydrogens is 307 g/mol. The molecule has 0 nitrogen and oxygen atoms in total. The number of aryl methyl sites for hydroxylation is 2. The van der Waals surface area contributed by atoms with Crippen molar-refractivity contribution in [2.24, 2.45) is 0 Å². The molecule has 1 heteroatoms. The summed E-state index contributed by atoms with van der Waals surface area (Å²) < 4.78 is 13.8. The lowest BCUT2D eigenvalue weighted by Gasteiger charge is -2.17. The number of benzene rings is 2. The zero-order valence-electron chi connectivity index (χ0n) is 16.1. The van der Waals surface area contributed by atoms with Gasteiger partial charge in [0.25, 0.3) is 0 Å². The number of hydrogen-bond acceptors (Lipinski definition) is 0. The standard InChI is InChI=1S/C24H29F/c1-7-19-11-14-23(17(3)15-19)18(4)22(8-2)21-12-9-20(10-13-21)16-24(5,6)25/h8-15H,4,7,16H2,1-3,5-6H3/b22-8+. The van der Waals surface area contributed by atoms with E-state index >= 15 is 0 Å². The van der Waals surface area contributed by atoms with Gasteiger partial charge in [-0.2, -0.15) is 0 Å². The minimum absolute atomic E-state index is 0.428. The van der Waals surface area contributed by atoms with Gasteiger partial charge in [0.1, 0.15) is 5.67 Å². The molecule has 2 rings (SSSR count). The van der Waals surface area contributed by atoms with E-state index < -0.39 is 5.67 Å². The Morgan fingerprint density at radius 2 is 1.68 bits per heavy atom. The van der Waals surface area contributed by atoms with Crippen molar-refractivity contribution in [3.05, 3.63) is 82.9 Å². The number of alkyl halides is 1. The monoisotopic (exact) mass is 336 g/mol. The predicted octanol–water partition coefficient (Wildman–Crippen LogP) is 6.96. The molecule has 0 aliphatic rings. The van der Waals surface area contributed by atoms with Crippen LogP contribution in [0.3, 0.4) is 0 Å². The highest BCUT2D eigenvalue weighted by Crippen LogP contribution is 2.32. The van der Waals surface area contributed by atoms with Crippen molar-refractivity contribution in [1.29, 1.82) is 0 Å². The first-order valence-corrected chi connectivity index (χ1v) is 8.99. The van der Waals surface area contributed by atoms with Crippen molar-refractivity contribution in [1.82, 2.24) is 0 Å². The molecule has 0 amide bonds. The molecule has 2 aromatic carbocycles. The molecule has 0 atom stereocenters. The van der Waals surface area contributed by atoms with Crippen LogP contribution in [0, 0.1) is 6.92 Å². The highest BCUT2D eigenvalue weighted by molar-refractivity contribution is 6.04. The zero-order chi connectivity index (χ0) is 18.6. The van der Waals surface area contributed by atoms with Gasteiger partial charge in [-0.1, -0.05) is 62.0 Å². The van der Waals surface area contributed by atoms with Crippen LogP contribution in [0.15, 0.2) is 55.1 Å². The molecule has 0 spiro atoms. The maximum atomic E-state index is 13.8. The molecule has 0 unspecified atom stereocenters. The fourth-order valence-electron chi connectivity index (χ4n) is 3.23. The Morgan fingerprint density at radius 3 is 2.16 bits per heavy atom. The maximum absolute atomic E-state index is 13.8. The summed E-state index contributed by atoms with van der Waals surface area (Å²) >= 11 is 0. The topological polar surface area (TPSA) is 0 Å². The minimum Gasteiger partial charge on any atom is -0.244 e. The fourth-order valence-corrected chi connectivity index (χ4v) is 3.23. The van der Waals surface area contributed by atoms with Gasteiger partial charge in [-0.3, -0.25) is 0 Å².